The highest BCUT2D eigenvalue weighted by Gasteiger charge is 2.11. The molecule has 0 bridgehead atoms. The highest BCUT2D eigenvalue weighted by atomic mass is 35.5. The number of nitrogens with one attached hydrogen (secondary N) is 2. The third-order valence-corrected chi connectivity index (χ3v) is 3.47. The summed E-state index contributed by atoms with van der Waals surface area (Å²) in [4.78, 5) is 20.3. The summed E-state index contributed by atoms with van der Waals surface area (Å²) in [6.45, 7) is 0. The van der Waals surface area contributed by atoms with E-state index in [2.05, 4.69) is 20.6 Å². The van der Waals surface area contributed by atoms with E-state index in [9.17, 15) is 9.18 Å². The van der Waals surface area contributed by atoms with Gasteiger partial charge < -0.3 is 10.6 Å². The molecule has 1 heterocycles. The molecule has 0 fully saturated rings. The summed E-state index contributed by atoms with van der Waals surface area (Å²) in [7, 11) is 0. The smallest absolute Gasteiger partial charge is 0.274 e. The van der Waals surface area contributed by atoms with Crippen LogP contribution in [0, 0.1) is 5.82 Å². The molecule has 0 saturated carbocycles. The number of carbonyl (C=O) groups is 1. The van der Waals surface area contributed by atoms with Crippen molar-refractivity contribution in [2.45, 2.75) is 0 Å². The van der Waals surface area contributed by atoms with Crippen LogP contribution in [-0.4, -0.2) is 15.9 Å². The van der Waals surface area contributed by atoms with Gasteiger partial charge in [0.25, 0.3) is 5.91 Å². The molecular weight excluding hydrogens is 331 g/mol. The maximum Gasteiger partial charge on any atom is 0.274 e. The van der Waals surface area contributed by atoms with Crippen molar-refractivity contribution in [3.63, 3.8) is 0 Å². The number of aromatic nitrogens is 2. The maximum atomic E-state index is 12.9. The number of para-hydroxylation sites is 1. The number of halogens is 2. The Morgan fingerprint density at radius 1 is 1.04 bits per heavy atom. The van der Waals surface area contributed by atoms with Crippen molar-refractivity contribution in [1.82, 2.24) is 9.97 Å². The summed E-state index contributed by atoms with van der Waals surface area (Å²) in [6.07, 6.45) is 1.27. The van der Waals surface area contributed by atoms with Crippen molar-refractivity contribution < 1.29 is 9.18 Å². The van der Waals surface area contributed by atoms with Crippen molar-refractivity contribution >= 4 is 34.7 Å². The lowest BCUT2D eigenvalue weighted by atomic mass is 10.3. The third kappa shape index (κ3) is 3.85. The molecule has 3 rings (SSSR count). The number of anilines is 3. The molecule has 0 spiro atoms. The molecule has 1 amide bonds. The summed E-state index contributed by atoms with van der Waals surface area (Å²) in [6, 6.07) is 14.2. The molecule has 0 aliphatic heterocycles. The van der Waals surface area contributed by atoms with Crippen molar-refractivity contribution in [3.8, 4) is 0 Å². The van der Waals surface area contributed by atoms with Crippen LogP contribution in [0.1, 0.15) is 10.5 Å². The Morgan fingerprint density at radius 2 is 1.79 bits per heavy atom. The molecular formula is C17H12ClFN4O. The lowest BCUT2D eigenvalue weighted by molar-refractivity contribution is 0.102. The van der Waals surface area contributed by atoms with Gasteiger partial charge in [-0.05, 0) is 36.4 Å². The van der Waals surface area contributed by atoms with E-state index < -0.39 is 5.91 Å². The van der Waals surface area contributed by atoms with Crippen molar-refractivity contribution in [1.29, 1.82) is 0 Å². The van der Waals surface area contributed by atoms with Crippen molar-refractivity contribution in [2.24, 2.45) is 0 Å². The molecule has 2 aromatic carbocycles. The Hall–Kier alpha value is -2.99. The monoisotopic (exact) mass is 342 g/mol. The van der Waals surface area contributed by atoms with Gasteiger partial charge in [0.1, 0.15) is 23.7 Å². The molecule has 5 nitrogen and oxygen atoms in total. The van der Waals surface area contributed by atoms with Gasteiger partial charge in [0, 0.05) is 11.8 Å². The lowest BCUT2D eigenvalue weighted by Gasteiger charge is -2.08. The number of carbonyl (C=O) groups excluding carboxylic acids is 1. The minimum absolute atomic E-state index is 0.175. The number of hydrogen-bond donors (Lipinski definition) is 2. The van der Waals surface area contributed by atoms with Gasteiger partial charge >= 0.3 is 0 Å². The fourth-order valence-electron chi connectivity index (χ4n) is 1.98. The molecule has 3 aromatic rings. The minimum Gasteiger partial charge on any atom is -0.340 e. The first-order valence-electron chi connectivity index (χ1n) is 7.02. The first-order valence-corrected chi connectivity index (χ1v) is 7.40. The zero-order valence-electron chi connectivity index (χ0n) is 12.3. The van der Waals surface area contributed by atoms with Crippen molar-refractivity contribution in [3.05, 3.63) is 77.5 Å². The van der Waals surface area contributed by atoms with Gasteiger partial charge in [0.05, 0.1) is 10.7 Å². The number of nitrogens with zero attached hydrogens (tertiary/aromatic N) is 2. The van der Waals surface area contributed by atoms with Gasteiger partial charge in [0.2, 0.25) is 0 Å². The fourth-order valence-corrected chi connectivity index (χ4v) is 2.16. The molecule has 2 N–H and O–H groups in total. The second-order valence-electron chi connectivity index (χ2n) is 4.85. The van der Waals surface area contributed by atoms with E-state index in [-0.39, 0.29) is 11.5 Å². The van der Waals surface area contributed by atoms with Crippen molar-refractivity contribution in [2.75, 3.05) is 10.6 Å². The van der Waals surface area contributed by atoms with E-state index in [1.165, 1.54) is 24.5 Å². The highest BCUT2D eigenvalue weighted by molar-refractivity contribution is 6.33. The molecule has 120 valence electrons. The normalized spacial score (nSPS) is 10.2. The summed E-state index contributed by atoms with van der Waals surface area (Å²) < 4.78 is 12.9. The highest BCUT2D eigenvalue weighted by Crippen LogP contribution is 2.21. The van der Waals surface area contributed by atoms with Gasteiger partial charge in [-0.2, -0.15) is 0 Å². The van der Waals surface area contributed by atoms with Gasteiger partial charge in [-0.1, -0.05) is 23.7 Å². The van der Waals surface area contributed by atoms with E-state index in [4.69, 9.17) is 11.6 Å². The van der Waals surface area contributed by atoms with Crippen LogP contribution in [0.15, 0.2) is 60.9 Å². The number of hydrogen-bond acceptors (Lipinski definition) is 4. The summed E-state index contributed by atoms with van der Waals surface area (Å²) in [5.74, 6) is -0.323. The summed E-state index contributed by atoms with van der Waals surface area (Å²) in [5, 5.41) is 6.10. The number of amides is 1. The third-order valence-electron chi connectivity index (χ3n) is 3.14. The molecule has 0 aliphatic rings. The molecule has 0 aliphatic carbocycles. The first-order chi connectivity index (χ1) is 11.6. The predicted octanol–water partition coefficient (Wildman–Crippen LogP) is 4.27. The fraction of sp³-hybridized carbons (Fsp3) is 0. The van der Waals surface area contributed by atoms with Crippen LogP contribution in [0.3, 0.4) is 0 Å². The molecule has 0 saturated heterocycles. The molecule has 0 radical (unpaired) electrons. The number of benzene rings is 2. The Bertz CT molecular complexity index is 870. The van der Waals surface area contributed by atoms with E-state index in [0.717, 1.165) is 0 Å². The Kier molecular flexibility index (Phi) is 4.67. The van der Waals surface area contributed by atoms with Crippen LogP contribution >= 0.6 is 11.6 Å². The van der Waals surface area contributed by atoms with Crippen LogP contribution < -0.4 is 10.6 Å². The molecule has 0 unspecified atom stereocenters. The predicted molar refractivity (Wildman–Crippen MR) is 91.1 cm³/mol. The van der Waals surface area contributed by atoms with Gasteiger partial charge in [-0.15, -0.1) is 0 Å². The maximum absolute atomic E-state index is 12.9. The standard InChI is InChI=1S/C17H12ClFN4O/c18-13-3-1-2-4-14(13)23-17(24)15-9-16(21-10-20-15)22-12-7-5-11(19)6-8-12/h1-10H,(H,23,24)(H,20,21,22). The zero-order chi connectivity index (χ0) is 16.9. The van der Waals surface area contributed by atoms with Gasteiger partial charge in [-0.25, -0.2) is 14.4 Å². The van der Waals surface area contributed by atoms with Crippen LogP contribution in [-0.2, 0) is 0 Å². The van der Waals surface area contributed by atoms with Crippen LogP contribution in [0.5, 0.6) is 0 Å². The number of rotatable bonds is 4. The minimum atomic E-state index is -0.410. The van der Waals surface area contributed by atoms with E-state index in [0.29, 0.717) is 22.2 Å². The second-order valence-corrected chi connectivity index (χ2v) is 5.26. The van der Waals surface area contributed by atoms with Crippen LogP contribution in [0.25, 0.3) is 0 Å². The molecule has 1 aromatic heterocycles. The molecule has 0 atom stereocenters. The summed E-state index contributed by atoms with van der Waals surface area (Å²) >= 11 is 6.02. The van der Waals surface area contributed by atoms with E-state index in [1.54, 1.807) is 36.4 Å². The van der Waals surface area contributed by atoms with Crippen LogP contribution in [0.4, 0.5) is 21.6 Å². The van der Waals surface area contributed by atoms with Gasteiger partial charge in [-0.3, -0.25) is 4.79 Å². The first kappa shape index (κ1) is 15.9. The Morgan fingerprint density at radius 3 is 2.54 bits per heavy atom. The second kappa shape index (κ2) is 7.06. The SMILES string of the molecule is O=C(Nc1ccccc1Cl)c1cc(Nc2ccc(F)cc2)ncn1. The average molecular weight is 343 g/mol. The molecule has 24 heavy (non-hydrogen) atoms. The quantitative estimate of drug-likeness (QED) is 0.743. The lowest BCUT2D eigenvalue weighted by Crippen LogP contribution is -2.14. The van der Waals surface area contributed by atoms with E-state index >= 15 is 0 Å². The topological polar surface area (TPSA) is 66.9 Å². The largest absolute Gasteiger partial charge is 0.340 e. The van der Waals surface area contributed by atoms with Gasteiger partial charge in [0.15, 0.2) is 0 Å². The summed E-state index contributed by atoms with van der Waals surface area (Å²) in [5.41, 5.74) is 1.32. The van der Waals surface area contributed by atoms with E-state index in [1.807, 2.05) is 0 Å². The Balaban J connectivity index is 1.76. The average Bonchev–Trinajstić information content (AvgIpc) is 2.59. The Labute approximate surface area is 142 Å². The molecule has 7 heteroatoms. The van der Waals surface area contributed by atoms with Crippen LogP contribution in [0.2, 0.25) is 5.02 Å². The zero-order valence-corrected chi connectivity index (χ0v) is 13.1.